The zero-order valence-electron chi connectivity index (χ0n) is 12.5. The van der Waals surface area contributed by atoms with E-state index >= 15 is 0 Å². The zero-order valence-corrected chi connectivity index (χ0v) is 12.5. The summed E-state index contributed by atoms with van der Waals surface area (Å²) in [6.07, 6.45) is 0.576. The molecule has 0 spiro atoms. The average molecular weight is 301 g/mol. The summed E-state index contributed by atoms with van der Waals surface area (Å²) in [6, 6.07) is 12.8. The summed E-state index contributed by atoms with van der Waals surface area (Å²) in [4.78, 5) is 22.3. The van der Waals surface area contributed by atoms with Crippen LogP contribution in [0.25, 0.3) is 10.8 Å². The molecule has 0 saturated carbocycles. The van der Waals surface area contributed by atoms with Gasteiger partial charge in [-0.05, 0) is 23.3 Å². The van der Waals surface area contributed by atoms with E-state index in [1.54, 1.807) is 6.92 Å². The number of hydrogen-bond donors (Lipinski definition) is 0. The van der Waals surface area contributed by atoms with Crippen LogP contribution in [0.15, 0.2) is 42.5 Å². The van der Waals surface area contributed by atoms with Crippen molar-refractivity contribution < 1.29 is 14.5 Å². The van der Waals surface area contributed by atoms with Gasteiger partial charge in [0.2, 0.25) is 6.04 Å². The Kier molecular flexibility index (Phi) is 5.47. The fourth-order valence-corrected chi connectivity index (χ4v) is 2.52. The molecule has 116 valence electrons. The molecule has 0 N–H and O–H groups in total. The first-order chi connectivity index (χ1) is 10.6. The molecule has 2 aromatic rings. The van der Waals surface area contributed by atoms with Gasteiger partial charge in [0.15, 0.2) is 0 Å². The third-order valence-corrected chi connectivity index (χ3v) is 3.62. The Morgan fingerprint density at radius 2 is 1.95 bits per heavy atom. The number of carbonyl (C=O) groups excluding carboxylic acids is 1. The Balaban J connectivity index is 2.13. The summed E-state index contributed by atoms with van der Waals surface area (Å²) in [6.45, 7) is 2.02. The molecule has 0 amide bonds. The van der Waals surface area contributed by atoms with Crippen molar-refractivity contribution >= 4 is 16.7 Å². The summed E-state index contributed by atoms with van der Waals surface area (Å²) in [5.41, 5.74) is 0.934. The molecule has 1 unspecified atom stereocenters. The van der Waals surface area contributed by atoms with E-state index in [0.717, 1.165) is 16.3 Å². The Bertz CT molecular complexity index is 663. The molecule has 22 heavy (non-hydrogen) atoms. The Hall–Kier alpha value is -2.43. The molecule has 0 radical (unpaired) electrons. The van der Waals surface area contributed by atoms with Crippen LogP contribution in [0.5, 0.6) is 0 Å². The van der Waals surface area contributed by atoms with E-state index < -0.39 is 6.04 Å². The van der Waals surface area contributed by atoms with Crippen molar-refractivity contribution in [3.63, 3.8) is 0 Å². The lowest BCUT2D eigenvalue weighted by atomic mass is 9.97. The van der Waals surface area contributed by atoms with E-state index in [4.69, 9.17) is 4.74 Å². The van der Waals surface area contributed by atoms with Gasteiger partial charge in [-0.2, -0.15) is 0 Å². The second kappa shape index (κ2) is 7.54. The number of nitro groups is 1. The van der Waals surface area contributed by atoms with Crippen LogP contribution in [0.1, 0.15) is 25.3 Å². The molecule has 5 heteroatoms. The van der Waals surface area contributed by atoms with E-state index in [2.05, 4.69) is 0 Å². The molecule has 2 rings (SSSR count). The van der Waals surface area contributed by atoms with Crippen molar-refractivity contribution in [2.24, 2.45) is 0 Å². The molecule has 0 aromatic heterocycles. The Morgan fingerprint density at radius 1 is 1.23 bits per heavy atom. The van der Waals surface area contributed by atoms with Gasteiger partial charge >= 0.3 is 5.97 Å². The number of benzene rings is 2. The SMILES string of the molecule is CCOC(=O)CCC(Cc1cccc2ccccc12)[N+](=O)[O-]. The van der Waals surface area contributed by atoms with Crippen molar-refractivity contribution in [2.45, 2.75) is 32.2 Å². The first-order valence-electron chi connectivity index (χ1n) is 7.37. The molecular weight excluding hydrogens is 282 g/mol. The van der Waals surface area contributed by atoms with Crippen LogP contribution in [0.3, 0.4) is 0 Å². The monoisotopic (exact) mass is 301 g/mol. The van der Waals surface area contributed by atoms with Gasteiger partial charge < -0.3 is 4.74 Å². The van der Waals surface area contributed by atoms with Crippen LogP contribution >= 0.6 is 0 Å². The number of hydrogen-bond acceptors (Lipinski definition) is 4. The Labute approximate surface area is 129 Å². The van der Waals surface area contributed by atoms with E-state index in [-0.39, 0.29) is 23.7 Å². The van der Waals surface area contributed by atoms with E-state index in [1.807, 2.05) is 42.5 Å². The maximum absolute atomic E-state index is 11.4. The van der Waals surface area contributed by atoms with Crippen molar-refractivity contribution in [3.8, 4) is 0 Å². The minimum atomic E-state index is -0.782. The fraction of sp³-hybridized carbons (Fsp3) is 0.353. The molecule has 0 bridgehead atoms. The maximum Gasteiger partial charge on any atom is 0.306 e. The van der Waals surface area contributed by atoms with E-state index in [1.165, 1.54) is 0 Å². The molecular formula is C17H19NO4. The number of ether oxygens (including phenoxy) is 1. The highest BCUT2D eigenvalue weighted by atomic mass is 16.6. The van der Waals surface area contributed by atoms with Gasteiger partial charge in [0, 0.05) is 17.8 Å². The quantitative estimate of drug-likeness (QED) is 0.446. The van der Waals surface area contributed by atoms with Gasteiger partial charge in [0.25, 0.3) is 0 Å². The second-order valence-corrected chi connectivity index (χ2v) is 5.13. The summed E-state index contributed by atoms with van der Waals surface area (Å²) >= 11 is 0. The average Bonchev–Trinajstić information content (AvgIpc) is 2.51. The number of carbonyl (C=O) groups is 1. The highest BCUT2D eigenvalue weighted by Gasteiger charge is 2.23. The highest BCUT2D eigenvalue weighted by Crippen LogP contribution is 2.21. The van der Waals surface area contributed by atoms with Gasteiger partial charge in [-0.25, -0.2) is 0 Å². The molecule has 0 fully saturated rings. The molecule has 0 aliphatic rings. The van der Waals surface area contributed by atoms with Crippen molar-refractivity contribution in [3.05, 3.63) is 58.1 Å². The molecule has 0 saturated heterocycles. The van der Waals surface area contributed by atoms with Crippen LogP contribution in [0.4, 0.5) is 0 Å². The van der Waals surface area contributed by atoms with Crippen LogP contribution in [-0.2, 0) is 16.0 Å². The topological polar surface area (TPSA) is 69.4 Å². The normalized spacial score (nSPS) is 12.0. The van der Waals surface area contributed by atoms with Crippen LogP contribution in [0.2, 0.25) is 0 Å². The molecule has 0 aliphatic heterocycles. The van der Waals surface area contributed by atoms with E-state index in [0.29, 0.717) is 13.0 Å². The third-order valence-electron chi connectivity index (χ3n) is 3.62. The van der Waals surface area contributed by atoms with Gasteiger partial charge in [0.1, 0.15) is 0 Å². The number of fused-ring (bicyclic) bond motifs is 1. The lowest BCUT2D eigenvalue weighted by Crippen LogP contribution is -2.24. The van der Waals surface area contributed by atoms with Crippen LogP contribution in [0, 0.1) is 10.1 Å². The fourth-order valence-electron chi connectivity index (χ4n) is 2.52. The van der Waals surface area contributed by atoms with E-state index in [9.17, 15) is 14.9 Å². The lowest BCUT2D eigenvalue weighted by Gasteiger charge is -2.11. The van der Waals surface area contributed by atoms with Crippen LogP contribution < -0.4 is 0 Å². The van der Waals surface area contributed by atoms with Crippen molar-refractivity contribution in [1.29, 1.82) is 0 Å². The van der Waals surface area contributed by atoms with Crippen molar-refractivity contribution in [1.82, 2.24) is 0 Å². The van der Waals surface area contributed by atoms with Gasteiger partial charge in [-0.1, -0.05) is 42.5 Å². The summed E-state index contributed by atoms with van der Waals surface area (Å²) in [5.74, 6) is -0.382. The third kappa shape index (κ3) is 4.04. The van der Waals surface area contributed by atoms with Gasteiger partial charge in [-0.15, -0.1) is 0 Å². The first-order valence-corrected chi connectivity index (χ1v) is 7.37. The summed E-state index contributed by atoms with van der Waals surface area (Å²) < 4.78 is 4.83. The predicted octanol–water partition coefficient (Wildman–Crippen LogP) is 3.37. The maximum atomic E-state index is 11.4. The van der Waals surface area contributed by atoms with Gasteiger partial charge in [0.05, 0.1) is 13.0 Å². The minimum Gasteiger partial charge on any atom is -0.466 e. The summed E-state index contributed by atoms with van der Waals surface area (Å²) in [7, 11) is 0. The molecule has 5 nitrogen and oxygen atoms in total. The molecule has 1 atom stereocenters. The number of rotatable bonds is 7. The standard InChI is InChI=1S/C17H19NO4/c1-2-22-17(19)11-10-15(18(20)21)12-14-8-5-7-13-6-3-4-9-16(13)14/h3-9,15H,2,10-12H2,1H3. The second-order valence-electron chi connectivity index (χ2n) is 5.13. The number of nitrogens with zero attached hydrogens (tertiary/aromatic N) is 1. The molecule has 2 aromatic carbocycles. The largest absolute Gasteiger partial charge is 0.466 e. The smallest absolute Gasteiger partial charge is 0.306 e. The zero-order chi connectivity index (χ0) is 15.9. The number of esters is 1. The molecule has 0 aliphatic carbocycles. The van der Waals surface area contributed by atoms with Gasteiger partial charge in [-0.3, -0.25) is 14.9 Å². The first kappa shape index (κ1) is 15.9. The van der Waals surface area contributed by atoms with Crippen LogP contribution in [-0.4, -0.2) is 23.5 Å². The lowest BCUT2D eigenvalue weighted by molar-refractivity contribution is -0.522. The highest BCUT2D eigenvalue weighted by molar-refractivity contribution is 5.85. The predicted molar refractivity (Wildman–Crippen MR) is 84.3 cm³/mol. The molecule has 0 heterocycles. The minimum absolute atomic E-state index is 0.0737. The summed E-state index contributed by atoms with van der Waals surface area (Å²) in [5, 5.41) is 13.3. The Morgan fingerprint density at radius 3 is 2.68 bits per heavy atom. The van der Waals surface area contributed by atoms with Crippen molar-refractivity contribution in [2.75, 3.05) is 6.61 Å².